The van der Waals surface area contributed by atoms with Crippen LogP contribution < -0.4 is 5.32 Å². The summed E-state index contributed by atoms with van der Waals surface area (Å²) < 4.78 is 1.12. The second kappa shape index (κ2) is 7.57. The number of halogens is 1. The third kappa shape index (κ3) is 4.09. The van der Waals surface area contributed by atoms with Gasteiger partial charge in [0.1, 0.15) is 0 Å². The van der Waals surface area contributed by atoms with E-state index in [-0.39, 0.29) is 5.92 Å². The lowest BCUT2D eigenvalue weighted by atomic mass is 9.95. The Hall–Kier alpha value is -0.910. The van der Waals surface area contributed by atoms with E-state index < -0.39 is 0 Å². The Morgan fingerprint density at radius 3 is 2.86 bits per heavy atom. The van der Waals surface area contributed by atoms with Gasteiger partial charge in [-0.15, -0.1) is 0 Å². The van der Waals surface area contributed by atoms with Crippen molar-refractivity contribution in [3.05, 3.63) is 34.3 Å². The number of piperidine rings is 1. The minimum atomic E-state index is 0.180. The lowest BCUT2D eigenvalue weighted by Gasteiger charge is -2.36. The molecule has 0 spiro atoms. The zero-order valence-electron chi connectivity index (χ0n) is 12.9. The van der Waals surface area contributed by atoms with Crippen LogP contribution in [-0.4, -0.2) is 55.0 Å². The summed E-state index contributed by atoms with van der Waals surface area (Å²) in [6.07, 6.45) is 2.16. The quantitative estimate of drug-likeness (QED) is 0.890. The van der Waals surface area contributed by atoms with E-state index in [1.54, 1.807) is 0 Å². The highest BCUT2D eigenvalue weighted by atomic mass is 79.9. The number of amides is 1. The van der Waals surface area contributed by atoms with Crippen LogP contribution in [0.4, 0.5) is 0 Å². The summed E-state index contributed by atoms with van der Waals surface area (Å²) in [6.45, 7) is 6.51. The maximum atomic E-state index is 12.7. The summed E-state index contributed by atoms with van der Waals surface area (Å²) in [4.78, 5) is 17.1. The van der Waals surface area contributed by atoms with Crippen LogP contribution in [0.25, 0.3) is 0 Å². The lowest BCUT2D eigenvalue weighted by Crippen LogP contribution is -2.51. The van der Waals surface area contributed by atoms with Crippen molar-refractivity contribution in [1.82, 2.24) is 15.1 Å². The molecule has 0 saturated carbocycles. The van der Waals surface area contributed by atoms with Gasteiger partial charge in [0.05, 0.1) is 5.92 Å². The molecule has 2 fully saturated rings. The van der Waals surface area contributed by atoms with Gasteiger partial charge in [0, 0.05) is 43.7 Å². The molecule has 22 heavy (non-hydrogen) atoms. The van der Waals surface area contributed by atoms with Crippen LogP contribution in [0.1, 0.15) is 18.4 Å². The molecular formula is C17H24BrN3O. The number of benzene rings is 1. The van der Waals surface area contributed by atoms with Crippen LogP contribution in [0, 0.1) is 5.92 Å². The molecule has 2 aliphatic heterocycles. The van der Waals surface area contributed by atoms with E-state index in [1.165, 1.54) is 5.56 Å². The third-order valence-corrected chi connectivity index (χ3v) is 5.07. The first-order valence-corrected chi connectivity index (χ1v) is 8.98. The molecule has 3 rings (SSSR count). The van der Waals surface area contributed by atoms with Crippen LogP contribution in [0.5, 0.6) is 0 Å². The normalized spacial score (nSPS) is 23.5. The van der Waals surface area contributed by atoms with Gasteiger partial charge < -0.3 is 10.2 Å². The topological polar surface area (TPSA) is 35.6 Å². The van der Waals surface area contributed by atoms with Crippen LogP contribution in [-0.2, 0) is 11.3 Å². The molecule has 0 radical (unpaired) electrons. The molecule has 1 unspecified atom stereocenters. The van der Waals surface area contributed by atoms with Crippen molar-refractivity contribution in [3.8, 4) is 0 Å². The van der Waals surface area contributed by atoms with Crippen LogP contribution in [0.15, 0.2) is 28.7 Å². The minimum absolute atomic E-state index is 0.180. The van der Waals surface area contributed by atoms with Gasteiger partial charge in [-0.3, -0.25) is 9.69 Å². The summed E-state index contributed by atoms with van der Waals surface area (Å²) in [6, 6.07) is 8.46. The van der Waals surface area contributed by atoms with Crippen molar-refractivity contribution >= 4 is 21.8 Å². The van der Waals surface area contributed by atoms with Crippen LogP contribution in [0.3, 0.4) is 0 Å². The second-order valence-electron chi connectivity index (χ2n) is 6.28. The number of carbonyl (C=O) groups is 1. The minimum Gasteiger partial charge on any atom is -0.340 e. The van der Waals surface area contributed by atoms with E-state index in [0.717, 1.165) is 63.1 Å². The summed E-state index contributed by atoms with van der Waals surface area (Å²) in [5.74, 6) is 0.541. The van der Waals surface area contributed by atoms with Gasteiger partial charge in [0.15, 0.2) is 0 Å². The Labute approximate surface area is 141 Å². The average molecular weight is 366 g/mol. The molecule has 1 aromatic rings. The molecule has 0 bridgehead atoms. The summed E-state index contributed by atoms with van der Waals surface area (Å²) >= 11 is 3.53. The van der Waals surface area contributed by atoms with Crippen LogP contribution >= 0.6 is 15.9 Å². The van der Waals surface area contributed by atoms with E-state index in [0.29, 0.717) is 5.91 Å². The van der Waals surface area contributed by atoms with Crippen molar-refractivity contribution in [1.29, 1.82) is 0 Å². The molecular weight excluding hydrogens is 342 g/mol. The number of hydrogen-bond donors (Lipinski definition) is 1. The van der Waals surface area contributed by atoms with Gasteiger partial charge in [0.2, 0.25) is 5.91 Å². The highest BCUT2D eigenvalue weighted by molar-refractivity contribution is 9.10. The van der Waals surface area contributed by atoms with Crippen molar-refractivity contribution in [3.63, 3.8) is 0 Å². The smallest absolute Gasteiger partial charge is 0.227 e. The van der Waals surface area contributed by atoms with Gasteiger partial charge in [-0.2, -0.15) is 0 Å². The van der Waals surface area contributed by atoms with Gasteiger partial charge in [-0.25, -0.2) is 0 Å². The number of nitrogens with zero attached hydrogens (tertiary/aromatic N) is 2. The molecule has 1 aromatic carbocycles. The van der Waals surface area contributed by atoms with E-state index >= 15 is 0 Å². The summed E-state index contributed by atoms with van der Waals surface area (Å²) in [5.41, 5.74) is 1.31. The Morgan fingerprint density at radius 2 is 2.09 bits per heavy atom. The van der Waals surface area contributed by atoms with E-state index in [4.69, 9.17) is 0 Å². The molecule has 2 saturated heterocycles. The number of nitrogens with one attached hydrogen (secondary N) is 1. The van der Waals surface area contributed by atoms with Gasteiger partial charge >= 0.3 is 0 Å². The van der Waals surface area contributed by atoms with E-state index in [9.17, 15) is 4.79 Å². The maximum absolute atomic E-state index is 12.7. The Kier molecular flexibility index (Phi) is 5.50. The third-order valence-electron chi connectivity index (χ3n) is 4.58. The molecule has 1 amide bonds. The number of hydrogen-bond acceptors (Lipinski definition) is 3. The first-order valence-electron chi connectivity index (χ1n) is 8.19. The lowest BCUT2D eigenvalue weighted by molar-refractivity contribution is -0.138. The van der Waals surface area contributed by atoms with Gasteiger partial charge in [-0.05, 0) is 37.1 Å². The number of likely N-dealkylation sites (tertiary alicyclic amines) is 1. The van der Waals surface area contributed by atoms with Crippen LogP contribution in [0.2, 0.25) is 0 Å². The zero-order chi connectivity index (χ0) is 15.4. The van der Waals surface area contributed by atoms with Gasteiger partial charge in [0.25, 0.3) is 0 Å². The van der Waals surface area contributed by atoms with Crippen molar-refractivity contribution < 1.29 is 4.79 Å². The van der Waals surface area contributed by atoms with E-state index in [1.807, 2.05) is 4.90 Å². The fourth-order valence-electron chi connectivity index (χ4n) is 3.44. The van der Waals surface area contributed by atoms with Crippen molar-refractivity contribution in [2.24, 2.45) is 5.92 Å². The summed E-state index contributed by atoms with van der Waals surface area (Å²) in [5, 5.41) is 3.31. The Morgan fingerprint density at radius 1 is 1.27 bits per heavy atom. The fourth-order valence-corrected chi connectivity index (χ4v) is 3.88. The second-order valence-corrected chi connectivity index (χ2v) is 7.20. The monoisotopic (exact) mass is 365 g/mol. The molecule has 1 N–H and O–H groups in total. The standard InChI is InChI=1S/C17H24BrN3O/c18-16-5-1-3-14(11-16)12-20-8-2-4-15(13-20)17(22)21-9-6-19-7-10-21/h1,3,5,11,15,19H,2,4,6-10,12-13H2. The first kappa shape index (κ1) is 16.0. The average Bonchev–Trinajstić information content (AvgIpc) is 2.55. The molecule has 4 nitrogen and oxygen atoms in total. The number of piperazine rings is 1. The SMILES string of the molecule is O=C(C1CCCN(Cc2cccc(Br)c2)C1)N1CCNCC1. The van der Waals surface area contributed by atoms with Crippen molar-refractivity contribution in [2.45, 2.75) is 19.4 Å². The molecule has 2 heterocycles. The van der Waals surface area contributed by atoms with Gasteiger partial charge in [-0.1, -0.05) is 28.1 Å². The largest absolute Gasteiger partial charge is 0.340 e. The highest BCUT2D eigenvalue weighted by Crippen LogP contribution is 2.22. The molecule has 2 aliphatic rings. The predicted molar refractivity (Wildman–Crippen MR) is 91.6 cm³/mol. The molecule has 0 aliphatic carbocycles. The zero-order valence-corrected chi connectivity index (χ0v) is 14.5. The number of rotatable bonds is 3. The Bertz CT molecular complexity index is 516. The highest BCUT2D eigenvalue weighted by Gasteiger charge is 2.29. The molecule has 0 aromatic heterocycles. The number of carbonyl (C=O) groups excluding carboxylic acids is 1. The molecule has 120 valence electrons. The fraction of sp³-hybridized carbons (Fsp3) is 0.588. The Balaban J connectivity index is 1.57. The first-order chi connectivity index (χ1) is 10.7. The molecule has 5 heteroatoms. The maximum Gasteiger partial charge on any atom is 0.227 e. The molecule has 1 atom stereocenters. The van der Waals surface area contributed by atoms with E-state index in [2.05, 4.69) is 50.4 Å². The summed E-state index contributed by atoms with van der Waals surface area (Å²) in [7, 11) is 0. The van der Waals surface area contributed by atoms with Crippen molar-refractivity contribution in [2.75, 3.05) is 39.3 Å². The predicted octanol–water partition coefficient (Wildman–Crippen LogP) is 2.09.